The van der Waals surface area contributed by atoms with Crippen molar-refractivity contribution in [3.63, 3.8) is 0 Å². The van der Waals surface area contributed by atoms with Gasteiger partial charge in [0, 0.05) is 44.8 Å². The van der Waals surface area contributed by atoms with Gasteiger partial charge in [0.1, 0.15) is 11.2 Å². The zero-order chi connectivity index (χ0) is 35.1. The summed E-state index contributed by atoms with van der Waals surface area (Å²) in [6, 6.07) is 63.2. The number of fused-ring (bicyclic) bond motifs is 4. The van der Waals surface area contributed by atoms with Gasteiger partial charge in [-0.2, -0.15) is 0 Å². The predicted octanol–water partition coefficient (Wildman–Crippen LogP) is 12.9. The lowest BCUT2D eigenvalue weighted by Crippen LogP contribution is -1.98. The molecule has 3 aromatic heterocycles. The highest BCUT2D eigenvalue weighted by Gasteiger charge is 2.18. The van der Waals surface area contributed by atoms with Crippen molar-refractivity contribution in [3.05, 3.63) is 188 Å². The van der Waals surface area contributed by atoms with E-state index in [0.717, 1.165) is 83.5 Å². The van der Waals surface area contributed by atoms with Crippen molar-refractivity contribution in [3.8, 4) is 67.4 Å². The number of hydrogen-bond donors (Lipinski definition) is 0. The Hall–Kier alpha value is -7.17. The second kappa shape index (κ2) is 12.9. The summed E-state index contributed by atoms with van der Waals surface area (Å²) in [5.41, 5.74) is 12.5. The quantitative estimate of drug-likeness (QED) is 0.176. The molecule has 0 atom stereocenters. The van der Waals surface area contributed by atoms with E-state index in [2.05, 4.69) is 127 Å². The van der Waals surface area contributed by atoms with E-state index < -0.39 is 0 Å². The van der Waals surface area contributed by atoms with Gasteiger partial charge in [-0.25, -0.2) is 9.97 Å². The molecule has 0 saturated carbocycles. The molecule has 0 amide bonds. The van der Waals surface area contributed by atoms with Crippen LogP contribution in [0.1, 0.15) is 0 Å². The molecule has 10 rings (SSSR count). The predicted molar refractivity (Wildman–Crippen MR) is 217 cm³/mol. The van der Waals surface area contributed by atoms with Gasteiger partial charge >= 0.3 is 0 Å². The van der Waals surface area contributed by atoms with Crippen molar-refractivity contribution in [2.75, 3.05) is 0 Å². The van der Waals surface area contributed by atoms with Crippen LogP contribution in [0.4, 0.5) is 0 Å². The molecule has 0 N–H and O–H groups in total. The third kappa shape index (κ3) is 5.63. The number of hydrogen-bond acceptors (Lipinski definition) is 4. The van der Waals surface area contributed by atoms with Crippen molar-refractivity contribution < 1.29 is 4.42 Å². The molecular formula is C49H31N3O. The fraction of sp³-hybridized carbons (Fsp3) is 0. The molecule has 53 heavy (non-hydrogen) atoms. The molecule has 0 aliphatic carbocycles. The van der Waals surface area contributed by atoms with Gasteiger partial charge in [-0.05, 0) is 76.0 Å². The van der Waals surface area contributed by atoms with Crippen molar-refractivity contribution in [1.29, 1.82) is 0 Å². The second-order valence-corrected chi connectivity index (χ2v) is 13.2. The first-order valence-corrected chi connectivity index (χ1v) is 17.8. The van der Waals surface area contributed by atoms with Crippen LogP contribution < -0.4 is 0 Å². The van der Waals surface area contributed by atoms with Crippen molar-refractivity contribution in [2.45, 2.75) is 0 Å². The summed E-state index contributed by atoms with van der Waals surface area (Å²) in [5, 5.41) is 4.60. The van der Waals surface area contributed by atoms with Crippen LogP contribution in [0.2, 0.25) is 0 Å². The van der Waals surface area contributed by atoms with Crippen LogP contribution >= 0.6 is 0 Å². The fourth-order valence-corrected chi connectivity index (χ4v) is 7.34. The highest BCUT2D eigenvalue weighted by Crippen LogP contribution is 2.40. The maximum atomic E-state index is 6.56. The van der Waals surface area contributed by atoms with E-state index in [0.29, 0.717) is 5.82 Å². The molecule has 0 radical (unpaired) electrons. The van der Waals surface area contributed by atoms with Gasteiger partial charge in [0.05, 0.1) is 17.1 Å². The van der Waals surface area contributed by atoms with E-state index in [9.17, 15) is 0 Å². The first-order chi connectivity index (χ1) is 26.2. The second-order valence-electron chi connectivity index (χ2n) is 13.2. The Morgan fingerprint density at radius 1 is 0.358 bits per heavy atom. The van der Waals surface area contributed by atoms with Crippen LogP contribution in [0, 0.1) is 0 Å². The molecule has 4 nitrogen and oxygen atoms in total. The van der Waals surface area contributed by atoms with Crippen LogP contribution in [0.15, 0.2) is 193 Å². The molecule has 7 aromatic carbocycles. The van der Waals surface area contributed by atoms with Crippen LogP contribution in [0.3, 0.4) is 0 Å². The third-order valence-corrected chi connectivity index (χ3v) is 9.93. The van der Waals surface area contributed by atoms with E-state index in [1.54, 1.807) is 0 Å². The largest absolute Gasteiger partial charge is 0.455 e. The highest BCUT2D eigenvalue weighted by molar-refractivity contribution is 6.10. The summed E-state index contributed by atoms with van der Waals surface area (Å²) in [6.45, 7) is 0. The summed E-state index contributed by atoms with van der Waals surface area (Å²) in [4.78, 5) is 15.2. The number of benzene rings is 7. The Morgan fingerprint density at radius 2 is 1.04 bits per heavy atom. The van der Waals surface area contributed by atoms with Crippen LogP contribution in [0.25, 0.3) is 100 Å². The molecule has 0 bridgehead atoms. The zero-order valence-corrected chi connectivity index (χ0v) is 28.6. The van der Waals surface area contributed by atoms with E-state index >= 15 is 0 Å². The average Bonchev–Trinajstić information content (AvgIpc) is 3.63. The molecule has 0 fully saturated rings. The SMILES string of the molecule is c1ccc(-c2nc(-c3cc(-c4ccc5ccccc5c4)cc(-c4cccc5c4oc4ccccc45)c3)cc(-c3ccccc3-c3ccccn3)n2)cc1. The van der Waals surface area contributed by atoms with Gasteiger partial charge in [0.2, 0.25) is 0 Å². The van der Waals surface area contributed by atoms with Gasteiger partial charge in [0.25, 0.3) is 0 Å². The summed E-state index contributed by atoms with van der Waals surface area (Å²) in [5.74, 6) is 0.658. The minimum absolute atomic E-state index is 0.658. The van der Waals surface area contributed by atoms with Gasteiger partial charge in [0.15, 0.2) is 5.82 Å². The summed E-state index contributed by atoms with van der Waals surface area (Å²) in [6.07, 6.45) is 1.83. The van der Waals surface area contributed by atoms with Crippen molar-refractivity contribution in [1.82, 2.24) is 15.0 Å². The Bertz CT molecular complexity index is 2950. The fourth-order valence-electron chi connectivity index (χ4n) is 7.34. The van der Waals surface area contributed by atoms with E-state index in [1.165, 1.54) is 10.8 Å². The molecule has 10 aromatic rings. The zero-order valence-electron chi connectivity index (χ0n) is 28.6. The number of aromatic nitrogens is 3. The van der Waals surface area contributed by atoms with Crippen LogP contribution in [-0.4, -0.2) is 15.0 Å². The van der Waals surface area contributed by atoms with Gasteiger partial charge in [-0.1, -0.05) is 133 Å². The Labute approximate surface area is 306 Å². The molecule has 248 valence electrons. The molecule has 0 aliphatic rings. The average molecular weight is 678 g/mol. The van der Waals surface area contributed by atoms with E-state index in [-0.39, 0.29) is 0 Å². The van der Waals surface area contributed by atoms with Gasteiger partial charge in [-0.3, -0.25) is 4.98 Å². The first-order valence-electron chi connectivity index (χ1n) is 17.8. The van der Waals surface area contributed by atoms with E-state index in [4.69, 9.17) is 19.4 Å². The number of para-hydroxylation sites is 2. The first kappa shape index (κ1) is 30.6. The molecule has 0 unspecified atom stereocenters. The molecule has 3 heterocycles. The lowest BCUT2D eigenvalue weighted by Gasteiger charge is -2.15. The summed E-state index contributed by atoms with van der Waals surface area (Å²) < 4.78 is 6.56. The molecule has 0 aliphatic heterocycles. The van der Waals surface area contributed by atoms with Crippen LogP contribution in [0.5, 0.6) is 0 Å². The number of nitrogens with zero attached hydrogens (tertiary/aromatic N) is 3. The minimum atomic E-state index is 0.658. The normalized spacial score (nSPS) is 11.4. The highest BCUT2D eigenvalue weighted by atomic mass is 16.3. The van der Waals surface area contributed by atoms with Gasteiger partial charge in [-0.15, -0.1) is 0 Å². The van der Waals surface area contributed by atoms with Crippen LogP contribution in [-0.2, 0) is 0 Å². The smallest absolute Gasteiger partial charge is 0.160 e. The maximum absolute atomic E-state index is 6.56. The van der Waals surface area contributed by atoms with Gasteiger partial charge < -0.3 is 4.42 Å². The lowest BCUT2D eigenvalue weighted by molar-refractivity contribution is 0.670. The van der Waals surface area contributed by atoms with E-state index in [1.807, 2.05) is 60.8 Å². The minimum Gasteiger partial charge on any atom is -0.455 e. The summed E-state index contributed by atoms with van der Waals surface area (Å²) >= 11 is 0. The van der Waals surface area contributed by atoms with Crippen molar-refractivity contribution >= 4 is 32.7 Å². The number of rotatable bonds is 6. The topological polar surface area (TPSA) is 51.8 Å². The third-order valence-electron chi connectivity index (χ3n) is 9.93. The molecular weight excluding hydrogens is 647 g/mol. The monoisotopic (exact) mass is 677 g/mol. The number of furan rings is 1. The summed E-state index contributed by atoms with van der Waals surface area (Å²) in [7, 11) is 0. The standard InChI is InChI=1S/C49H31N3O/c1-2-14-33(15-3-1)49-51-45(31-46(52-49)41-18-7-6-17-40(41)44-22-10-11-26-50-44)38-29-36(35-25-24-32-13-4-5-16-34(32)27-35)28-37(30-38)39-20-12-21-43-42-19-8-9-23-47(42)53-48(39)43/h1-31H. The lowest BCUT2D eigenvalue weighted by atomic mass is 9.92. The Balaban J connectivity index is 1.23. The van der Waals surface area contributed by atoms with Crippen molar-refractivity contribution in [2.24, 2.45) is 0 Å². The Morgan fingerprint density at radius 3 is 1.91 bits per heavy atom. The molecule has 4 heteroatoms. The maximum Gasteiger partial charge on any atom is 0.160 e. The molecule has 0 spiro atoms. The Kier molecular flexibility index (Phi) is 7.43. The number of pyridine rings is 1. The molecule has 0 saturated heterocycles.